The van der Waals surface area contributed by atoms with E-state index in [0.29, 0.717) is 40.6 Å². The smallest absolute Gasteiger partial charge is 0.187 e. The Morgan fingerprint density at radius 2 is 0.548 bits per heavy atom. The molecule has 7 nitrogen and oxygen atoms in total. The van der Waals surface area contributed by atoms with E-state index in [-0.39, 0.29) is 0 Å². The third kappa shape index (κ3) is 7.63. The maximum Gasteiger partial charge on any atom is 0.187 e. The summed E-state index contributed by atoms with van der Waals surface area (Å²) >= 11 is 0. The molecule has 2 heterocycles. The van der Waals surface area contributed by atoms with Crippen molar-refractivity contribution in [3.8, 4) is 102 Å². The molecular formula is C55H35N7. The van der Waals surface area contributed by atoms with Crippen molar-refractivity contribution in [1.82, 2.24) is 29.9 Å². The largest absolute Gasteiger partial charge is 0.238 e. The van der Waals surface area contributed by atoms with Crippen molar-refractivity contribution in [1.29, 1.82) is 0 Å². The van der Waals surface area contributed by atoms with Crippen LogP contribution in [0.25, 0.3) is 107 Å². The standard InChI is InChI=1S/C55H35N7/c1-56-43-33-30-38(31-34-43)46-35-32-42(36-49(46)55-60-50(39-20-8-3-9-21-39)57-51(61-55)40-22-10-4-11-23-40)45-27-15-17-29-48(45)54-59-52(41-24-12-5-13-25-41)58-53(62-54)47-28-16-14-26-44(47)37-18-6-2-7-19-37/h2-36H. The first-order valence-corrected chi connectivity index (χ1v) is 20.2. The quantitative estimate of drug-likeness (QED) is 0.135. The van der Waals surface area contributed by atoms with E-state index in [2.05, 4.69) is 59.4 Å². The number of rotatable bonds is 9. The van der Waals surface area contributed by atoms with Crippen LogP contribution in [0, 0.1) is 6.57 Å². The molecule has 0 radical (unpaired) electrons. The Labute approximate surface area is 359 Å². The summed E-state index contributed by atoms with van der Waals surface area (Å²) in [7, 11) is 0. The van der Waals surface area contributed by atoms with Gasteiger partial charge in [0.1, 0.15) is 0 Å². The van der Waals surface area contributed by atoms with E-state index in [4.69, 9.17) is 36.5 Å². The van der Waals surface area contributed by atoms with E-state index >= 15 is 0 Å². The van der Waals surface area contributed by atoms with Crippen LogP contribution in [0.2, 0.25) is 0 Å². The van der Waals surface area contributed by atoms with E-state index in [0.717, 1.165) is 66.8 Å². The monoisotopic (exact) mass is 793 g/mol. The fourth-order valence-corrected chi connectivity index (χ4v) is 7.60. The number of hydrogen-bond donors (Lipinski definition) is 0. The fraction of sp³-hybridized carbons (Fsp3) is 0. The molecule has 10 rings (SSSR count). The lowest BCUT2D eigenvalue weighted by Gasteiger charge is -2.16. The molecule has 0 aliphatic heterocycles. The zero-order valence-electron chi connectivity index (χ0n) is 33.3. The fourth-order valence-electron chi connectivity index (χ4n) is 7.60. The van der Waals surface area contributed by atoms with Crippen LogP contribution in [0.1, 0.15) is 0 Å². The van der Waals surface area contributed by atoms with Crippen molar-refractivity contribution in [2.24, 2.45) is 0 Å². The van der Waals surface area contributed by atoms with Gasteiger partial charge < -0.3 is 0 Å². The molecule has 0 aliphatic carbocycles. The van der Waals surface area contributed by atoms with Gasteiger partial charge in [0.15, 0.2) is 40.6 Å². The molecule has 0 saturated carbocycles. The normalized spacial score (nSPS) is 10.9. The molecular weight excluding hydrogens is 759 g/mol. The zero-order valence-corrected chi connectivity index (χ0v) is 33.3. The number of hydrogen-bond acceptors (Lipinski definition) is 6. The molecule has 0 N–H and O–H groups in total. The van der Waals surface area contributed by atoms with Gasteiger partial charge in [0.2, 0.25) is 0 Å². The molecule has 62 heavy (non-hydrogen) atoms. The summed E-state index contributed by atoms with van der Waals surface area (Å²) < 4.78 is 0. The molecule has 0 bridgehead atoms. The van der Waals surface area contributed by atoms with Crippen LogP contribution in [-0.2, 0) is 0 Å². The maximum absolute atomic E-state index is 7.58. The van der Waals surface area contributed by atoms with Crippen molar-refractivity contribution in [3.05, 3.63) is 224 Å². The first kappa shape index (κ1) is 37.5. The van der Waals surface area contributed by atoms with E-state index in [1.165, 1.54) is 0 Å². The Hall–Kier alpha value is -8.73. The Kier molecular flexibility index (Phi) is 10.2. The molecule has 0 atom stereocenters. The number of nitrogens with zero attached hydrogens (tertiary/aromatic N) is 7. The average molecular weight is 794 g/mol. The lowest BCUT2D eigenvalue weighted by Crippen LogP contribution is -2.02. The van der Waals surface area contributed by atoms with E-state index in [9.17, 15) is 0 Å². The van der Waals surface area contributed by atoms with Gasteiger partial charge in [0.05, 0.1) is 6.57 Å². The van der Waals surface area contributed by atoms with Crippen LogP contribution in [0.3, 0.4) is 0 Å². The molecule has 0 aliphatic rings. The molecule has 8 aromatic carbocycles. The van der Waals surface area contributed by atoms with Gasteiger partial charge in [-0.3, -0.25) is 0 Å². The van der Waals surface area contributed by atoms with Gasteiger partial charge in [-0.25, -0.2) is 34.7 Å². The van der Waals surface area contributed by atoms with Crippen LogP contribution < -0.4 is 0 Å². The SMILES string of the molecule is [C-]#[N+]c1ccc(-c2ccc(-c3ccccc3-c3nc(-c4ccccc4)nc(-c4ccccc4-c4ccccc4)n3)cc2-c2nc(-c3ccccc3)nc(-c3ccccc3)n2)cc1. The zero-order chi connectivity index (χ0) is 41.7. The minimum Gasteiger partial charge on any atom is -0.238 e. The molecule has 7 heteroatoms. The highest BCUT2D eigenvalue weighted by atomic mass is 15.0. The van der Waals surface area contributed by atoms with Crippen molar-refractivity contribution in [3.63, 3.8) is 0 Å². The second kappa shape index (κ2) is 16.9. The van der Waals surface area contributed by atoms with E-state index in [1.807, 2.05) is 158 Å². The van der Waals surface area contributed by atoms with Crippen molar-refractivity contribution in [2.75, 3.05) is 0 Å². The predicted molar refractivity (Wildman–Crippen MR) is 248 cm³/mol. The molecule has 290 valence electrons. The average Bonchev–Trinajstić information content (AvgIpc) is 3.37. The highest BCUT2D eigenvalue weighted by Gasteiger charge is 2.21. The van der Waals surface area contributed by atoms with Crippen LogP contribution in [0.4, 0.5) is 5.69 Å². The lowest BCUT2D eigenvalue weighted by atomic mass is 9.92. The second-order valence-electron chi connectivity index (χ2n) is 14.6. The van der Waals surface area contributed by atoms with Crippen LogP contribution >= 0.6 is 0 Å². The van der Waals surface area contributed by atoms with Crippen molar-refractivity contribution >= 4 is 5.69 Å². The third-order valence-corrected chi connectivity index (χ3v) is 10.7. The summed E-state index contributed by atoms with van der Waals surface area (Å²) in [5.74, 6) is 3.36. The number of aromatic nitrogens is 6. The van der Waals surface area contributed by atoms with Crippen molar-refractivity contribution in [2.45, 2.75) is 0 Å². The summed E-state index contributed by atoms with van der Waals surface area (Å²) in [6.45, 7) is 7.58. The van der Waals surface area contributed by atoms with Gasteiger partial charge in [-0.15, -0.1) is 0 Å². The molecule has 0 saturated heterocycles. The lowest BCUT2D eigenvalue weighted by molar-refractivity contribution is 1.07. The van der Waals surface area contributed by atoms with Gasteiger partial charge in [0.25, 0.3) is 0 Å². The topological polar surface area (TPSA) is 81.7 Å². The molecule has 2 aromatic heterocycles. The summed E-state index contributed by atoms with van der Waals surface area (Å²) in [6, 6.07) is 70.7. The van der Waals surface area contributed by atoms with Gasteiger partial charge in [-0.1, -0.05) is 206 Å². The summed E-state index contributed by atoms with van der Waals surface area (Å²) in [5, 5.41) is 0. The van der Waals surface area contributed by atoms with Crippen LogP contribution in [-0.4, -0.2) is 29.9 Å². The summed E-state index contributed by atoms with van der Waals surface area (Å²) in [6.07, 6.45) is 0. The summed E-state index contributed by atoms with van der Waals surface area (Å²) in [4.78, 5) is 34.4. The van der Waals surface area contributed by atoms with Gasteiger partial charge >= 0.3 is 0 Å². The van der Waals surface area contributed by atoms with Gasteiger partial charge in [0, 0.05) is 33.4 Å². The van der Waals surface area contributed by atoms with E-state index < -0.39 is 0 Å². The molecule has 0 amide bonds. The first-order chi connectivity index (χ1) is 30.7. The second-order valence-corrected chi connectivity index (χ2v) is 14.6. The minimum absolute atomic E-state index is 0.521. The van der Waals surface area contributed by atoms with E-state index in [1.54, 1.807) is 0 Å². The summed E-state index contributed by atoms with van der Waals surface area (Å²) in [5.41, 5.74) is 11.6. The highest BCUT2D eigenvalue weighted by Crippen LogP contribution is 2.40. The Bertz CT molecular complexity index is 3160. The first-order valence-electron chi connectivity index (χ1n) is 20.2. The predicted octanol–water partition coefficient (Wildman–Crippen LogP) is 13.6. The van der Waals surface area contributed by atoms with Crippen molar-refractivity contribution < 1.29 is 0 Å². The molecule has 10 aromatic rings. The highest BCUT2D eigenvalue weighted by molar-refractivity contribution is 5.90. The molecule has 0 spiro atoms. The van der Waals surface area contributed by atoms with Crippen LogP contribution in [0.15, 0.2) is 212 Å². The molecule has 0 fully saturated rings. The third-order valence-electron chi connectivity index (χ3n) is 10.7. The minimum atomic E-state index is 0.521. The molecule has 0 unspecified atom stereocenters. The van der Waals surface area contributed by atoms with Gasteiger partial charge in [-0.2, -0.15) is 0 Å². The number of benzene rings is 8. The maximum atomic E-state index is 7.58. The van der Waals surface area contributed by atoms with Crippen LogP contribution in [0.5, 0.6) is 0 Å². The Morgan fingerprint density at radius 1 is 0.242 bits per heavy atom. The Morgan fingerprint density at radius 3 is 1.00 bits per heavy atom. The van der Waals surface area contributed by atoms with Gasteiger partial charge in [-0.05, 0) is 39.4 Å². The Balaban J connectivity index is 1.18.